The van der Waals surface area contributed by atoms with Crippen LogP contribution in [0.1, 0.15) is 32.2 Å². The Labute approximate surface area is 162 Å². The average Bonchev–Trinajstić information content (AvgIpc) is 3.16. The number of amides is 1. The molecule has 0 unspecified atom stereocenters. The lowest BCUT2D eigenvalue weighted by Crippen LogP contribution is -2.23. The van der Waals surface area contributed by atoms with Gasteiger partial charge < -0.3 is 0 Å². The molecule has 0 fully saturated rings. The number of rotatable bonds is 4. The molecule has 0 spiro atoms. The summed E-state index contributed by atoms with van der Waals surface area (Å²) in [6.45, 7) is 4.85. The molecule has 0 saturated carbocycles. The van der Waals surface area contributed by atoms with E-state index in [-0.39, 0.29) is 27.8 Å². The van der Waals surface area contributed by atoms with E-state index in [0.717, 1.165) is 17.0 Å². The van der Waals surface area contributed by atoms with Crippen molar-refractivity contribution in [1.29, 1.82) is 0 Å². The van der Waals surface area contributed by atoms with Gasteiger partial charge in [-0.05, 0) is 39.0 Å². The van der Waals surface area contributed by atoms with Gasteiger partial charge in [-0.2, -0.15) is 18.3 Å². The molecule has 2 aromatic heterocycles. The summed E-state index contributed by atoms with van der Waals surface area (Å²) < 4.78 is 40.1. The number of hydrogen-bond acceptors (Lipinski definition) is 5. The summed E-state index contributed by atoms with van der Waals surface area (Å²) in [5.74, 6) is -1.72. The molecule has 2 heterocycles. The lowest BCUT2D eigenvalue weighted by Gasteiger charge is -2.10. The molecule has 3 rings (SSSR count). The normalized spacial score (nSPS) is 11.5. The van der Waals surface area contributed by atoms with Crippen molar-refractivity contribution in [3.05, 3.63) is 57.9 Å². The summed E-state index contributed by atoms with van der Waals surface area (Å²) in [6.07, 6.45) is -2.94. The van der Waals surface area contributed by atoms with Crippen molar-refractivity contribution in [3.8, 4) is 5.69 Å². The molecule has 10 heteroatoms. The number of anilines is 1. The Kier molecular flexibility index (Phi) is 5.07. The van der Waals surface area contributed by atoms with Gasteiger partial charge in [0.25, 0.3) is 11.7 Å². The smallest absolute Gasteiger partial charge is 0.295 e. The third kappa shape index (κ3) is 3.81. The predicted molar refractivity (Wildman–Crippen MR) is 97.9 cm³/mol. The number of benzene rings is 1. The maximum Gasteiger partial charge on any atom is 0.416 e. The fourth-order valence-electron chi connectivity index (χ4n) is 2.72. The molecule has 0 aliphatic heterocycles. The molecule has 0 aliphatic rings. The van der Waals surface area contributed by atoms with Crippen LogP contribution in [0.2, 0.25) is 0 Å². The summed E-state index contributed by atoms with van der Waals surface area (Å²) in [5, 5.41) is 6.87. The van der Waals surface area contributed by atoms with E-state index in [1.807, 2.05) is 6.92 Å². The minimum atomic E-state index is -4.50. The fraction of sp³-hybridized carbons (Fsp3) is 0.222. The number of hydrogen-bond donors (Lipinski definition) is 1. The molecule has 1 amide bonds. The van der Waals surface area contributed by atoms with Crippen molar-refractivity contribution >= 4 is 28.2 Å². The number of thiazole rings is 1. The maximum absolute atomic E-state index is 13.0. The zero-order valence-corrected chi connectivity index (χ0v) is 15.9. The van der Waals surface area contributed by atoms with Crippen LogP contribution >= 0.6 is 11.3 Å². The average molecular weight is 408 g/mol. The topological polar surface area (TPSA) is 76.9 Å². The molecule has 0 saturated heterocycles. The van der Waals surface area contributed by atoms with Gasteiger partial charge in [0.2, 0.25) is 0 Å². The van der Waals surface area contributed by atoms with Crippen LogP contribution in [-0.4, -0.2) is 26.5 Å². The van der Waals surface area contributed by atoms with Crippen LogP contribution in [0, 0.1) is 20.8 Å². The van der Waals surface area contributed by atoms with E-state index in [9.17, 15) is 22.8 Å². The number of aromatic nitrogens is 3. The van der Waals surface area contributed by atoms with Crippen LogP contribution in [0.3, 0.4) is 0 Å². The zero-order chi connectivity index (χ0) is 20.6. The molecule has 0 bridgehead atoms. The predicted octanol–water partition coefficient (Wildman–Crippen LogP) is 4.09. The quantitative estimate of drug-likeness (QED) is 0.521. The highest BCUT2D eigenvalue weighted by Crippen LogP contribution is 2.31. The molecule has 6 nitrogen and oxygen atoms in total. The Morgan fingerprint density at radius 3 is 2.50 bits per heavy atom. The van der Waals surface area contributed by atoms with Gasteiger partial charge in [-0.1, -0.05) is 6.07 Å². The van der Waals surface area contributed by atoms with Gasteiger partial charge in [-0.15, -0.1) is 11.3 Å². The molecule has 3 aromatic rings. The highest BCUT2D eigenvalue weighted by atomic mass is 32.1. The lowest BCUT2D eigenvalue weighted by atomic mass is 10.1. The number of carbonyl (C=O) groups excluding carboxylic acids is 2. The van der Waals surface area contributed by atoms with Gasteiger partial charge in [-0.3, -0.25) is 14.9 Å². The third-order valence-corrected chi connectivity index (χ3v) is 4.81. The highest BCUT2D eigenvalue weighted by Gasteiger charge is 2.31. The van der Waals surface area contributed by atoms with E-state index in [1.165, 1.54) is 42.0 Å². The van der Waals surface area contributed by atoms with Crippen LogP contribution in [-0.2, 0) is 11.0 Å². The third-order valence-electron chi connectivity index (χ3n) is 3.98. The summed E-state index contributed by atoms with van der Waals surface area (Å²) in [6, 6.07) is 4.59. The van der Waals surface area contributed by atoms with Crippen LogP contribution in [0.4, 0.5) is 18.3 Å². The summed E-state index contributed by atoms with van der Waals surface area (Å²) in [7, 11) is 0. The van der Waals surface area contributed by atoms with Crippen LogP contribution < -0.4 is 5.32 Å². The maximum atomic E-state index is 13.0. The van der Waals surface area contributed by atoms with Crippen LogP contribution in [0.25, 0.3) is 5.69 Å². The van der Waals surface area contributed by atoms with Crippen molar-refractivity contribution in [2.45, 2.75) is 26.9 Å². The number of aryl methyl sites for hydroxylation is 2. The molecule has 1 aromatic carbocycles. The van der Waals surface area contributed by atoms with Gasteiger partial charge in [0.1, 0.15) is 0 Å². The number of alkyl halides is 3. The van der Waals surface area contributed by atoms with Gasteiger partial charge in [0.15, 0.2) is 5.13 Å². The molecule has 1 N–H and O–H groups in total. The van der Waals surface area contributed by atoms with Gasteiger partial charge >= 0.3 is 6.18 Å². The highest BCUT2D eigenvalue weighted by molar-refractivity contribution is 7.15. The summed E-state index contributed by atoms with van der Waals surface area (Å²) in [4.78, 5) is 29.7. The standard InChI is InChI=1S/C18H15F3N4O2S/c1-9-8-22-17(28-9)23-16(27)15(26)14-10(2)24-25(11(14)3)13-6-4-5-12(7-13)18(19,20)21/h4-8H,1-3H3,(H,22,23,27). The zero-order valence-electron chi connectivity index (χ0n) is 15.1. The molecule has 0 aliphatic carbocycles. The van der Waals surface area contributed by atoms with Gasteiger partial charge in [0, 0.05) is 11.1 Å². The van der Waals surface area contributed by atoms with E-state index < -0.39 is 23.4 Å². The number of nitrogens with one attached hydrogen (secondary N) is 1. The second-order valence-electron chi connectivity index (χ2n) is 6.07. The molecule has 28 heavy (non-hydrogen) atoms. The number of carbonyl (C=O) groups is 2. The summed E-state index contributed by atoms with van der Waals surface area (Å²) in [5.41, 5.74) is -0.131. The van der Waals surface area contributed by atoms with Crippen molar-refractivity contribution in [3.63, 3.8) is 0 Å². The van der Waals surface area contributed by atoms with Crippen LogP contribution in [0.15, 0.2) is 30.5 Å². The first kappa shape index (κ1) is 19.7. The minimum absolute atomic E-state index is 0.0446. The first-order valence-electron chi connectivity index (χ1n) is 8.10. The molecule has 146 valence electrons. The van der Waals surface area contributed by atoms with Crippen molar-refractivity contribution < 1.29 is 22.8 Å². The van der Waals surface area contributed by atoms with E-state index in [0.29, 0.717) is 0 Å². The van der Waals surface area contributed by atoms with Crippen molar-refractivity contribution in [1.82, 2.24) is 14.8 Å². The Morgan fingerprint density at radius 2 is 1.89 bits per heavy atom. The largest absolute Gasteiger partial charge is 0.416 e. The Morgan fingerprint density at radius 1 is 1.18 bits per heavy atom. The Balaban J connectivity index is 1.94. The number of halogens is 3. The molecular formula is C18H15F3N4O2S. The molecule has 0 radical (unpaired) electrons. The monoisotopic (exact) mass is 408 g/mol. The van der Waals surface area contributed by atoms with E-state index in [4.69, 9.17) is 0 Å². The first-order valence-corrected chi connectivity index (χ1v) is 8.91. The van der Waals surface area contributed by atoms with Gasteiger partial charge in [-0.25, -0.2) is 9.67 Å². The number of ketones is 1. The van der Waals surface area contributed by atoms with E-state index in [1.54, 1.807) is 6.20 Å². The van der Waals surface area contributed by atoms with Crippen molar-refractivity contribution in [2.75, 3.05) is 5.32 Å². The number of nitrogens with zero attached hydrogens (tertiary/aromatic N) is 3. The van der Waals surface area contributed by atoms with Crippen LogP contribution in [0.5, 0.6) is 0 Å². The number of Topliss-reactive ketones (excluding diaryl/α,β-unsaturated/α-hetero) is 1. The minimum Gasteiger partial charge on any atom is -0.295 e. The molecular weight excluding hydrogens is 393 g/mol. The van der Waals surface area contributed by atoms with E-state index >= 15 is 0 Å². The fourth-order valence-corrected chi connectivity index (χ4v) is 3.38. The Hall–Kier alpha value is -3.01. The SMILES string of the molecule is Cc1cnc(NC(=O)C(=O)c2c(C)nn(-c3cccc(C(F)(F)F)c3)c2C)s1. The summed E-state index contributed by atoms with van der Waals surface area (Å²) >= 11 is 1.22. The van der Waals surface area contributed by atoms with E-state index in [2.05, 4.69) is 15.4 Å². The second-order valence-corrected chi connectivity index (χ2v) is 7.30. The molecule has 0 atom stereocenters. The lowest BCUT2D eigenvalue weighted by molar-refractivity contribution is -0.137. The first-order chi connectivity index (χ1) is 13.1. The van der Waals surface area contributed by atoms with Gasteiger partial charge in [0.05, 0.1) is 28.2 Å². The Bertz CT molecular complexity index is 1070. The van der Waals surface area contributed by atoms with Crippen molar-refractivity contribution in [2.24, 2.45) is 0 Å². The second kappa shape index (κ2) is 7.19.